The molecule has 1 unspecified atom stereocenters. The second-order valence-corrected chi connectivity index (χ2v) is 6.58. The Labute approximate surface area is 146 Å². The smallest absolute Gasteiger partial charge is 0.190 e. The average molecular weight is 430 g/mol. The van der Waals surface area contributed by atoms with Crippen LogP contribution >= 0.6 is 31.9 Å². The lowest BCUT2D eigenvalue weighted by Crippen LogP contribution is -2.36. The number of carbonyl (C=O) groups is 1. The Morgan fingerprint density at radius 1 is 1.32 bits per heavy atom. The maximum Gasteiger partial charge on any atom is 0.190 e. The monoisotopic (exact) mass is 428 g/mol. The highest BCUT2D eigenvalue weighted by atomic mass is 79.9. The highest BCUT2D eigenvalue weighted by Gasteiger charge is 2.32. The number of ketones is 1. The van der Waals surface area contributed by atoms with Crippen LogP contribution in [0.4, 0.5) is 5.69 Å². The molecule has 0 aromatic heterocycles. The van der Waals surface area contributed by atoms with Crippen LogP contribution in [0.15, 0.2) is 32.9 Å². The van der Waals surface area contributed by atoms with Gasteiger partial charge in [0.05, 0.1) is 10.2 Å². The van der Waals surface area contributed by atoms with Crippen LogP contribution in [-0.2, 0) is 6.42 Å². The number of hydrogen-bond donors (Lipinski definition) is 3. The highest BCUT2D eigenvalue weighted by molar-refractivity contribution is 9.12. The van der Waals surface area contributed by atoms with Crippen molar-refractivity contribution in [2.75, 3.05) is 5.73 Å². The number of hydrogen-bond acceptors (Lipinski definition) is 4. The zero-order chi connectivity index (χ0) is 16.4. The van der Waals surface area contributed by atoms with Gasteiger partial charge < -0.3 is 16.2 Å². The Kier molecular flexibility index (Phi) is 5.34. The van der Waals surface area contributed by atoms with Gasteiger partial charge in [0.2, 0.25) is 0 Å². The minimum atomic E-state index is -0.363. The van der Waals surface area contributed by atoms with Gasteiger partial charge in [0.1, 0.15) is 11.8 Å². The molecule has 0 saturated carbocycles. The van der Waals surface area contributed by atoms with Gasteiger partial charge in [-0.2, -0.15) is 0 Å². The molecule has 1 aromatic carbocycles. The summed E-state index contributed by atoms with van der Waals surface area (Å²) < 4.78 is 1.40. The van der Waals surface area contributed by atoms with Gasteiger partial charge in [0.15, 0.2) is 5.78 Å². The Hall–Kier alpha value is -1.27. The summed E-state index contributed by atoms with van der Waals surface area (Å²) in [6.07, 6.45) is 5.20. The summed E-state index contributed by atoms with van der Waals surface area (Å²) >= 11 is 6.75. The number of benzene rings is 1. The molecule has 4 nitrogen and oxygen atoms in total. The molecule has 3 rings (SSSR count). The second kappa shape index (κ2) is 6.87. The molecule has 0 fully saturated rings. The normalized spacial score (nSPS) is 19.5. The largest absolute Gasteiger partial charge is 0.506 e. The Balaban J connectivity index is 0.000000847. The van der Waals surface area contributed by atoms with Crippen molar-refractivity contribution in [3.63, 3.8) is 0 Å². The topological polar surface area (TPSA) is 75.3 Å². The number of nitrogens with one attached hydrogen (secondary N) is 1. The minimum Gasteiger partial charge on any atom is -0.506 e. The highest BCUT2D eigenvalue weighted by Crippen LogP contribution is 2.39. The van der Waals surface area contributed by atoms with E-state index in [1.807, 2.05) is 19.9 Å². The van der Waals surface area contributed by atoms with Gasteiger partial charge in [-0.15, -0.1) is 0 Å². The van der Waals surface area contributed by atoms with Crippen molar-refractivity contribution in [2.24, 2.45) is 0 Å². The number of nitrogens with two attached hydrogens (primary N) is 1. The molecule has 0 saturated heterocycles. The van der Waals surface area contributed by atoms with Crippen LogP contribution in [0.5, 0.6) is 5.75 Å². The summed E-state index contributed by atoms with van der Waals surface area (Å²) in [5.41, 5.74) is 8.43. The fourth-order valence-corrected chi connectivity index (χ4v) is 3.70. The number of dihydropyridines is 1. The molecule has 1 aliphatic carbocycles. The van der Waals surface area contributed by atoms with Crippen LogP contribution in [0, 0.1) is 0 Å². The first-order chi connectivity index (χ1) is 10.5. The predicted octanol–water partition coefficient (Wildman–Crippen LogP) is 4.03. The van der Waals surface area contributed by atoms with Crippen LogP contribution in [0.25, 0.3) is 0 Å². The molecule has 1 aromatic rings. The Morgan fingerprint density at radius 2 is 2.00 bits per heavy atom. The SMILES string of the molecule is CC.Nc1c(O)cc2c(c1Br)C(=O)C1NC=C(Br)C=C1CC2. The van der Waals surface area contributed by atoms with E-state index < -0.39 is 0 Å². The number of fused-ring (bicyclic) bond motifs is 2. The van der Waals surface area contributed by atoms with Gasteiger partial charge in [-0.1, -0.05) is 13.8 Å². The fraction of sp³-hybridized carbons (Fsp3) is 0.312. The number of phenols is 1. The first-order valence-corrected chi connectivity index (χ1v) is 8.74. The van der Waals surface area contributed by atoms with Crippen molar-refractivity contribution < 1.29 is 9.90 Å². The summed E-state index contributed by atoms with van der Waals surface area (Å²) in [7, 11) is 0. The van der Waals surface area contributed by atoms with Crippen LogP contribution in [0.1, 0.15) is 36.2 Å². The Morgan fingerprint density at radius 3 is 2.68 bits per heavy atom. The number of allylic oxidation sites excluding steroid dienone is 2. The molecular weight excluding hydrogens is 412 g/mol. The number of carbonyl (C=O) groups excluding carboxylic acids is 1. The summed E-state index contributed by atoms with van der Waals surface area (Å²) in [5.74, 6) is -0.0203. The lowest BCUT2D eigenvalue weighted by atomic mass is 9.96. The van der Waals surface area contributed by atoms with Crippen molar-refractivity contribution in [3.05, 3.63) is 44.0 Å². The van der Waals surface area contributed by atoms with Crippen molar-refractivity contribution >= 4 is 43.3 Å². The van der Waals surface area contributed by atoms with Crippen LogP contribution in [-0.4, -0.2) is 16.9 Å². The molecule has 0 amide bonds. The first kappa shape index (κ1) is 17.1. The van der Waals surface area contributed by atoms with E-state index in [0.29, 0.717) is 16.5 Å². The molecule has 6 heteroatoms. The van der Waals surface area contributed by atoms with Crippen molar-refractivity contribution in [1.29, 1.82) is 0 Å². The zero-order valence-electron chi connectivity index (χ0n) is 12.4. The summed E-state index contributed by atoms with van der Waals surface area (Å²) in [4.78, 5) is 12.7. The first-order valence-electron chi connectivity index (χ1n) is 7.15. The second-order valence-electron chi connectivity index (χ2n) is 4.87. The number of nitrogen functional groups attached to an aromatic ring is 1. The van der Waals surface area contributed by atoms with E-state index in [2.05, 4.69) is 37.2 Å². The van der Waals surface area contributed by atoms with Crippen LogP contribution in [0.3, 0.4) is 0 Å². The molecule has 22 heavy (non-hydrogen) atoms. The average Bonchev–Trinajstić information content (AvgIpc) is 2.64. The molecule has 0 spiro atoms. The van der Waals surface area contributed by atoms with Gasteiger partial charge in [-0.25, -0.2) is 0 Å². The maximum atomic E-state index is 12.7. The van der Waals surface area contributed by atoms with Crippen molar-refractivity contribution in [3.8, 4) is 5.75 Å². The number of Topliss-reactive ketones (excluding diaryl/α,β-unsaturated/α-hetero) is 1. The van der Waals surface area contributed by atoms with E-state index in [4.69, 9.17) is 5.73 Å². The molecule has 0 radical (unpaired) electrons. The van der Waals surface area contributed by atoms with Crippen LogP contribution < -0.4 is 11.1 Å². The van der Waals surface area contributed by atoms with Crippen molar-refractivity contribution in [1.82, 2.24) is 5.32 Å². The zero-order valence-corrected chi connectivity index (χ0v) is 15.6. The van der Waals surface area contributed by atoms with Crippen molar-refractivity contribution in [2.45, 2.75) is 32.7 Å². The van der Waals surface area contributed by atoms with Gasteiger partial charge in [-0.3, -0.25) is 4.79 Å². The maximum absolute atomic E-state index is 12.7. The molecule has 1 heterocycles. The number of anilines is 1. The quantitative estimate of drug-likeness (QED) is 0.430. The summed E-state index contributed by atoms with van der Waals surface area (Å²) in [5, 5.41) is 12.9. The lowest BCUT2D eigenvalue weighted by molar-refractivity contribution is 0.0963. The molecular formula is C16H18Br2N2O2. The summed E-state index contributed by atoms with van der Waals surface area (Å²) in [6.45, 7) is 4.00. The standard InChI is InChI=1S/C14H12Br2N2O2.C2H6/c15-8-3-7-2-1-6-4-9(19)12(17)11(16)10(6)14(20)13(7)18-5-8;1-2/h3-5,13,18-19H,1-2,17H2;1-2H3. The third kappa shape index (κ3) is 2.94. The van der Waals surface area contributed by atoms with E-state index in [0.717, 1.165) is 22.0 Å². The fourth-order valence-electron chi connectivity index (χ4n) is 2.62. The molecule has 1 atom stereocenters. The van der Waals surface area contributed by atoms with Gasteiger partial charge in [0, 0.05) is 16.2 Å². The van der Waals surface area contributed by atoms with Gasteiger partial charge >= 0.3 is 0 Å². The number of aromatic hydroxyl groups is 1. The lowest BCUT2D eigenvalue weighted by Gasteiger charge is -2.22. The summed E-state index contributed by atoms with van der Waals surface area (Å²) in [6, 6.07) is 1.23. The van der Waals surface area contributed by atoms with Gasteiger partial charge in [-0.05, 0) is 68.0 Å². The molecule has 1 aliphatic heterocycles. The third-order valence-corrected chi connectivity index (χ3v) is 4.92. The van der Waals surface area contributed by atoms with E-state index in [1.54, 1.807) is 12.3 Å². The molecule has 2 aliphatic rings. The number of halogens is 2. The van der Waals surface area contributed by atoms with E-state index in [9.17, 15) is 9.90 Å². The third-order valence-electron chi connectivity index (χ3n) is 3.64. The number of phenolic OH excluding ortho intramolecular Hbond substituents is 1. The number of rotatable bonds is 0. The van der Waals surface area contributed by atoms with Gasteiger partial charge in [0.25, 0.3) is 0 Å². The van der Waals surface area contributed by atoms with E-state index in [-0.39, 0.29) is 23.3 Å². The Bertz CT molecular complexity index is 681. The number of aryl methyl sites for hydroxylation is 1. The van der Waals surface area contributed by atoms with E-state index >= 15 is 0 Å². The van der Waals surface area contributed by atoms with Crippen LogP contribution in [0.2, 0.25) is 0 Å². The van der Waals surface area contributed by atoms with E-state index in [1.165, 1.54) is 0 Å². The molecule has 0 bridgehead atoms. The minimum absolute atomic E-state index is 0.00883. The molecule has 118 valence electrons. The molecule has 4 N–H and O–H groups in total. The predicted molar refractivity (Wildman–Crippen MR) is 96.2 cm³/mol.